The minimum Gasteiger partial charge on any atom is -0.368 e. The fraction of sp³-hybridized carbons (Fsp3) is 0.462. The molecule has 1 heterocycles. The van der Waals surface area contributed by atoms with Gasteiger partial charge < -0.3 is 15.1 Å². The third-order valence-corrected chi connectivity index (χ3v) is 3.18. The molecule has 0 atom stereocenters. The molecule has 1 N–H and O–H groups in total. The summed E-state index contributed by atoms with van der Waals surface area (Å²) < 4.78 is 0. The highest BCUT2D eigenvalue weighted by Gasteiger charge is 2.19. The SMILES string of the molecule is CNC(=O)N1CCN(c2ccc(C)cc2)CC1. The van der Waals surface area contributed by atoms with E-state index in [0.29, 0.717) is 0 Å². The summed E-state index contributed by atoms with van der Waals surface area (Å²) in [5.41, 5.74) is 2.52. The molecule has 4 nitrogen and oxygen atoms in total. The van der Waals surface area contributed by atoms with Gasteiger partial charge in [0, 0.05) is 38.9 Å². The first-order valence-corrected chi connectivity index (χ1v) is 5.99. The monoisotopic (exact) mass is 233 g/mol. The van der Waals surface area contributed by atoms with Crippen molar-refractivity contribution in [1.29, 1.82) is 0 Å². The highest BCUT2D eigenvalue weighted by molar-refractivity contribution is 5.74. The Hall–Kier alpha value is -1.71. The third kappa shape index (κ3) is 2.70. The Morgan fingerprint density at radius 3 is 2.24 bits per heavy atom. The van der Waals surface area contributed by atoms with Crippen LogP contribution in [0.25, 0.3) is 0 Å². The number of carbonyl (C=O) groups excluding carboxylic acids is 1. The average Bonchev–Trinajstić information content (AvgIpc) is 2.39. The Morgan fingerprint density at radius 2 is 1.71 bits per heavy atom. The number of carbonyl (C=O) groups is 1. The summed E-state index contributed by atoms with van der Waals surface area (Å²) in [6.45, 7) is 5.46. The molecule has 1 fully saturated rings. The maximum Gasteiger partial charge on any atom is 0.317 e. The van der Waals surface area contributed by atoms with Gasteiger partial charge in [0.05, 0.1) is 0 Å². The Morgan fingerprint density at radius 1 is 1.12 bits per heavy atom. The zero-order chi connectivity index (χ0) is 12.3. The summed E-state index contributed by atoms with van der Waals surface area (Å²) in [5.74, 6) is 0. The minimum absolute atomic E-state index is 0.0218. The molecule has 92 valence electrons. The molecule has 1 aromatic carbocycles. The number of hydrogen-bond acceptors (Lipinski definition) is 2. The van der Waals surface area contributed by atoms with E-state index in [4.69, 9.17) is 0 Å². The van der Waals surface area contributed by atoms with Crippen molar-refractivity contribution in [2.75, 3.05) is 38.1 Å². The van der Waals surface area contributed by atoms with Gasteiger partial charge in [-0.1, -0.05) is 17.7 Å². The average molecular weight is 233 g/mol. The second-order valence-electron chi connectivity index (χ2n) is 4.36. The molecule has 2 rings (SSSR count). The van der Waals surface area contributed by atoms with Crippen molar-refractivity contribution < 1.29 is 4.79 Å². The number of nitrogens with one attached hydrogen (secondary N) is 1. The number of amides is 2. The van der Waals surface area contributed by atoms with E-state index >= 15 is 0 Å². The molecular formula is C13H19N3O. The first-order chi connectivity index (χ1) is 8.20. The molecule has 2 amide bonds. The van der Waals surface area contributed by atoms with Crippen LogP contribution < -0.4 is 10.2 Å². The van der Waals surface area contributed by atoms with E-state index in [0.717, 1.165) is 26.2 Å². The van der Waals surface area contributed by atoms with Gasteiger partial charge in [-0.05, 0) is 19.1 Å². The van der Waals surface area contributed by atoms with Crippen molar-refractivity contribution in [1.82, 2.24) is 10.2 Å². The van der Waals surface area contributed by atoms with Gasteiger partial charge >= 0.3 is 6.03 Å². The van der Waals surface area contributed by atoms with Crippen molar-refractivity contribution >= 4 is 11.7 Å². The van der Waals surface area contributed by atoms with E-state index in [-0.39, 0.29) is 6.03 Å². The summed E-state index contributed by atoms with van der Waals surface area (Å²) in [4.78, 5) is 15.6. The van der Waals surface area contributed by atoms with Gasteiger partial charge in [-0.25, -0.2) is 4.79 Å². The second kappa shape index (κ2) is 5.08. The third-order valence-electron chi connectivity index (χ3n) is 3.18. The van der Waals surface area contributed by atoms with Gasteiger partial charge in [-0.2, -0.15) is 0 Å². The highest BCUT2D eigenvalue weighted by atomic mass is 16.2. The number of piperazine rings is 1. The Balaban J connectivity index is 1.95. The lowest BCUT2D eigenvalue weighted by molar-refractivity contribution is 0.196. The predicted octanol–water partition coefficient (Wildman–Crippen LogP) is 1.46. The van der Waals surface area contributed by atoms with Gasteiger partial charge in [0.2, 0.25) is 0 Å². The summed E-state index contributed by atoms with van der Waals surface area (Å²) in [5, 5.41) is 2.67. The Bertz CT molecular complexity index is 380. The van der Waals surface area contributed by atoms with E-state index in [2.05, 4.69) is 41.4 Å². The summed E-state index contributed by atoms with van der Waals surface area (Å²) in [6.07, 6.45) is 0. The first-order valence-electron chi connectivity index (χ1n) is 5.99. The molecule has 0 aliphatic carbocycles. The zero-order valence-electron chi connectivity index (χ0n) is 10.4. The van der Waals surface area contributed by atoms with Crippen LogP contribution in [0.2, 0.25) is 0 Å². The molecule has 1 saturated heterocycles. The van der Waals surface area contributed by atoms with E-state index in [1.54, 1.807) is 7.05 Å². The Kier molecular flexibility index (Phi) is 3.52. The van der Waals surface area contributed by atoms with E-state index in [1.165, 1.54) is 11.3 Å². The van der Waals surface area contributed by atoms with Crippen LogP contribution in [0.3, 0.4) is 0 Å². The topological polar surface area (TPSA) is 35.6 Å². The van der Waals surface area contributed by atoms with Crippen molar-refractivity contribution in [3.63, 3.8) is 0 Å². The number of nitrogens with zero attached hydrogens (tertiary/aromatic N) is 2. The van der Waals surface area contributed by atoms with Gasteiger partial charge in [-0.15, -0.1) is 0 Å². The minimum atomic E-state index is 0.0218. The molecule has 0 radical (unpaired) electrons. The van der Waals surface area contributed by atoms with Crippen molar-refractivity contribution in [3.8, 4) is 0 Å². The summed E-state index contributed by atoms with van der Waals surface area (Å²) in [7, 11) is 1.68. The molecule has 0 saturated carbocycles. The maximum atomic E-state index is 11.5. The summed E-state index contributed by atoms with van der Waals surface area (Å²) >= 11 is 0. The summed E-state index contributed by atoms with van der Waals surface area (Å²) in [6, 6.07) is 8.56. The van der Waals surface area contributed by atoms with Crippen LogP contribution >= 0.6 is 0 Å². The molecular weight excluding hydrogens is 214 g/mol. The molecule has 0 unspecified atom stereocenters. The molecule has 0 aromatic heterocycles. The molecule has 1 aliphatic heterocycles. The molecule has 1 aromatic rings. The highest BCUT2D eigenvalue weighted by Crippen LogP contribution is 2.16. The predicted molar refractivity (Wildman–Crippen MR) is 69.4 cm³/mol. The normalized spacial score (nSPS) is 15.9. The smallest absolute Gasteiger partial charge is 0.317 e. The standard InChI is InChI=1S/C13H19N3O/c1-11-3-5-12(6-4-11)15-7-9-16(10-8-15)13(17)14-2/h3-6H,7-10H2,1-2H3,(H,14,17). The van der Waals surface area contributed by atoms with Crippen molar-refractivity contribution in [2.45, 2.75) is 6.92 Å². The fourth-order valence-corrected chi connectivity index (χ4v) is 2.08. The van der Waals surface area contributed by atoms with Gasteiger partial charge in [-0.3, -0.25) is 0 Å². The second-order valence-corrected chi connectivity index (χ2v) is 4.36. The molecule has 4 heteroatoms. The quantitative estimate of drug-likeness (QED) is 0.797. The van der Waals surface area contributed by atoms with Gasteiger partial charge in [0.25, 0.3) is 0 Å². The number of aryl methyl sites for hydroxylation is 1. The number of rotatable bonds is 1. The van der Waals surface area contributed by atoms with Gasteiger partial charge in [0.1, 0.15) is 0 Å². The zero-order valence-corrected chi connectivity index (χ0v) is 10.4. The van der Waals surface area contributed by atoms with Crippen LogP contribution in [0.4, 0.5) is 10.5 Å². The maximum absolute atomic E-state index is 11.5. The van der Waals surface area contributed by atoms with Crippen LogP contribution in [-0.4, -0.2) is 44.2 Å². The lowest BCUT2D eigenvalue weighted by atomic mass is 10.2. The van der Waals surface area contributed by atoms with Crippen LogP contribution in [0, 0.1) is 6.92 Å². The van der Waals surface area contributed by atoms with Crippen LogP contribution in [0.15, 0.2) is 24.3 Å². The van der Waals surface area contributed by atoms with Crippen molar-refractivity contribution in [3.05, 3.63) is 29.8 Å². The van der Waals surface area contributed by atoms with Crippen LogP contribution in [-0.2, 0) is 0 Å². The lowest BCUT2D eigenvalue weighted by Gasteiger charge is -2.35. The van der Waals surface area contributed by atoms with E-state index < -0.39 is 0 Å². The van der Waals surface area contributed by atoms with Gasteiger partial charge in [0.15, 0.2) is 0 Å². The molecule has 1 aliphatic rings. The largest absolute Gasteiger partial charge is 0.368 e. The molecule has 0 bridgehead atoms. The lowest BCUT2D eigenvalue weighted by Crippen LogP contribution is -2.51. The number of anilines is 1. The number of benzene rings is 1. The van der Waals surface area contributed by atoms with E-state index in [9.17, 15) is 4.79 Å². The number of urea groups is 1. The fourth-order valence-electron chi connectivity index (χ4n) is 2.08. The molecule has 0 spiro atoms. The van der Waals surface area contributed by atoms with Crippen LogP contribution in [0.5, 0.6) is 0 Å². The number of hydrogen-bond donors (Lipinski definition) is 1. The molecule has 17 heavy (non-hydrogen) atoms. The first kappa shape index (κ1) is 11.8. The van der Waals surface area contributed by atoms with Crippen LogP contribution in [0.1, 0.15) is 5.56 Å². The Labute approximate surface area is 102 Å². The van der Waals surface area contributed by atoms with E-state index in [1.807, 2.05) is 4.90 Å². The van der Waals surface area contributed by atoms with Crippen molar-refractivity contribution in [2.24, 2.45) is 0 Å².